The van der Waals surface area contributed by atoms with Crippen molar-refractivity contribution in [2.24, 2.45) is 17.8 Å². The Morgan fingerprint density at radius 3 is 2.64 bits per heavy atom. The average molecular weight is 150 g/mol. The number of fused-ring (bicyclic) bond motifs is 2. The lowest BCUT2D eigenvalue weighted by atomic mass is 9.90. The predicted molar refractivity (Wildman–Crippen MR) is 39.9 cm³/mol. The molecule has 0 aromatic rings. The van der Waals surface area contributed by atoms with E-state index in [-0.39, 0.29) is 11.7 Å². The second-order valence-electron chi connectivity index (χ2n) is 3.41. The third-order valence-corrected chi connectivity index (χ3v) is 2.76. The molecule has 0 saturated heterocycles. The Bertz CT molecular complexity index is 230. The Kier molecular flexibility index (Phi) is 1.41. The molecule has 0 aromatic carbocycles. The van der Waals surface area contributed by atoms with Crippen molar-refractivity contribution in [1.29, 1.82) is 0 Å². The van der Waals surface area contributed by atoms with Gasteiger partial charge >= 0.3 is 0 Å². The van der Waals surface area contributed by atoms with E-state index < -0.39 is 0 Å². The van der Waals surface area contributed by atoms with Crippen molar-refractivity contribution in [3.63, 3.8) is 0 Å². The van der Waals surface area contributed by atoms with Crippen molar-refractivity contribution in [2.75, 3.05) is 0 Å². The predicted octanol–water partition coefficient (Wildman–Crippen LogP) is 0.967. The molecule has 3 unspecified atom stereocenters. The molecule has 0 N–H and O–H groups in total. The first-order chi connectivity index (χ1) is 5.31. The topological polar surface area (TPSA) is 34.1 Å². The molecule has 0 aromatic heterocycles. The minimum Gasteiger partial charge on any atom is -0.295 e. The number of ketones is 1. The van der Waals surface area contributed by atoms with Crippen molar-refractivity contribution < 1.29 is 9.59 Å². The van der Waals surface area contributed by atoms with Crippen LogP contribution in [0.25, 0.3) is 0 Å². The first-order valence-electron chi connectivity index (χ1n) is 3.98. The third kappa shape index (κ3) is 0.934. The summed E-state index contributed by atoms with van der Waals surface area (Å²) in [6.45, 7) is 0. The SMILES string of the molecule is O=CC(=O)C1CC2C=CC1C2. The molecule has 1 saturated carbocycles. The molecule has 0 aliphatic heterocycles. The summed E-state index contributed by atoms with van der Waals surface area (Å²) in [5, 5.41) is 0. The highest BCUT2D eigenvalue weighted by molar-refractivity contribution is 6.26. The summed E-state index contributed by atoms with van der Waals surface area (Å²) in [6, 6.07) is 0. The highest BCUT2D eigenvalue weighted by Gasteiger charge is 2.39. The van der Waals surface area contributed by atoms with Gasteiger partial charge in [0.25, 0.3) is 0 Å². The van der Waals surface area contributed by atoms with E-state index in [0.717, 1.165) is 12.8 Å². The minimum atomic E-state index is -0.207. The summed E-state index contributed by atoms with van der Waals surface area (Å²) in [7, 11) is 0. The van der Waals surface area contributed by atoms with Gasteiger partial charge < -0.3 is 0 Å². The molecule has 3 atom stereocenters. The molecule has 1 fully saturated rings. The second-order valence-corrected chi connectivity index (χ2v) is 3.41. The zero-order valence-corrected chi connectivity index (χ0v) is 6.19. The summed E-state index contributed by atoms with van der Waals surface area (Å²) in [4.78, 5) is 21.2. The fraction of sp³-hybridized carbons (Fsp3) is 0.556. The zero-order valence-electron chi connectivity index (χ0n) is 6.19. The molecular weight excluding hydrogens is 140 g/mol. The van der Waals surface area contributed by atoms with Gasteiger partial charge in [-0.15, -0.1) is 0 Å². The van der Waals surface area contributed by atoms with Gasteiger partial charge in [-0.2, -0.15) is 0 Å². The monoisotopic (exact) mass is 150 g/mol. The number of hydrogen-bond donors (Lipinski definition) is 0. The van der Waals surface area contributed by atoms with E-state index in [0.29, 0.717) is 18.1 Å². The van der Waals surface area contributed by atoms with Gasteiger partial charge in [-0.25, -0.2) is 0 Å². The lowest BCUT2D eigenvalue weighted by Crippen LogP contribution is -2.19. The lowest BCUT2D eigenvalue weighted by molar-refractivity contribution is -0.133. The fourth-order valence-corrected chi connectivity index (χ4v) is 2.20. The van der Waals surface area contributed by atoms with Crippen molar-refractivity contribution >= 4 is 12.1 Å². The lowest BCUT2D eigenvalue weighted by Gasteiger charge is -2.12. The standard InChI is InChI=1S/C9H10O2/c10-5-9(11)8-4-6-1-2-7(8)3-6/h1-2,5-8H,3-4H2. The van der Waals surface area contributed by atoms with Crippen LogP contribution in [-0.4, -0.2) is 12.1 Å². The van der Waals surface area contributed by atoms with Crippen LogP contribution in [0.2, 0.25) is 0 Å². The number of Topliss-reactive ketones (excluding diaryl/α,β-unsaturated/α-hetero) is 1. The molecule has 0 amide bonds. The van der Waals surface area contributed by atoms with Crippen LogP contribution in [0, 0.1) is 17.8 Å². The Hall–Kier alpha value is -0.920. The van der Waals surface area contributed by atoms with Crippen molar-refractivity contribution in [1.82, 2.24) is 0 Å². The fourth-order valence-electron chi connectivity index (χ4n) is 2.20. The molecule has 2 aliphatic carbocycles. The van der Waals surface area contributed by atoms with Crippen LogP contribution in [0.1, 0.15) is 12.8 Å². The molecular formula is C9H10O2. The molecule has 2 bridgehead atoms. The van der Waals surface area contributed by atoms with Gasteiger partial charge in [0.15, 0.2) is 12.1 Å². The summed E-state index contributed by atoms with van der Waals surface area (Å²) >= 11 is 0. The Morgan fingerprint density at radius 1 is 1.36 bits per heavy atom. The maximum atomic E-state index is 11.0. The smallest absolute Gasteiger partial charge is 0.198 e. The van der Waals surface area contributed by atoms with E-state index in [4.69, 9.17) is 0 Å². The van der Waals surface area contributed by atoms with E-state index in [9.17, 15) is 9.59 Å². The zero-order chi connectivity index (χ0) is 7.84. The first kappa shape index (κ1) is 6.77. The summed E-state index contributed by atoms with van der Waals surface area (Å²) in [6.07, 6.45) is 6.71. The van der Waals surface area contributed by atoms with E-state index in [1.165, 1.54) is 0 Å². The van der Waals surface area contributed by atoms with E-state index in [1.807, 2.05) is 0 Å². The molecule has 0 heterocycles. The van der Waals surface area contributed by atoms with Crippen LogP contribution in [-0.2, 0) is 9.59 Å². The quantitative estimate of drug-likeness (QED) is 0.334. The minimum absolute atomic E-state index is 0.0162. The number of rotatable bonds is 2. The van der Waals surface area contributed by atoms with Gasteiger partial charge in [-0.3, -0.25) is 9.59 Å². The van der Waals surface area contributed by atoms with Crippen molar-refractivity contribution in [3.05, 3.63) is 12.2 Å². The van der Waals surface area contributed by atoms with E-state index in [1.54, 1.807) is 0 Å². The van der Waals surface area contributed by atoms with Gasteiger partial charge in [-0.05, 0) is 24.7 Å². The Labute approximate surface area is 65.3 Å². The van der Waals surface area contributed by atoms with E-state index in [2.05, 4.69) is 12.2 Å². The molecule has 11 heavy (non-hydrogen) atoms. The Morgan fingerprint density at radius 2 is 2.18 bits per heavy atom. The van der Waals surface area contributed by atoms with Crippen LogP contribution >= 0.6 is 0 Å². The van der Waals surface area contributed by atoms with E-state index >= 15 is 0 Å². The molecule has 2 rings (SSSR count). The Balaban J connectivity index is 2.14. The molecule has 58 valence electrons. The van der Waals surface area contributed by atoms with Crippen LogP contribution in [0.5, 0.6) is 0 Å². The van der Waals surface area contributed by atoms with Crippen LogP contribution in [0.15, 0.2) is 12.2 Å². The van der Waals surface area contributed by atoms with Gasteiger partial charge in [0.2, 0.25) is 0 Å². The number of carbonyl (C=O) groups is 2. The van der Waals surface area contributed by atoms with Crippen LogP contribution in [0.4, 0.5) is 0 Å². The van der Waals surface area contributed by atoms with Crippen molar-refractivity contribution in [2.45, 2.75) is 12.8 Å². The molecule has 2 heteroatoms. The summed E-state index contributed by atoms with van der Waals surface area (Å²) in [5.74, 6) is 0.760. The van der Waals surface area contributed by atoms with Gasteiger partial charge in [-0.1, -0.05) is 12.2 Å². The van der Waals surface area contributed by atoms with Crippen LogP contribution < -0.4 is 0 Å². The highest BCUT2D eigenvalue weighted by Crippen LogP contribution is 2.43. The highest BCUT2D eigenvalue weighted by atomic mass is 16.2. The maximum absolute atomic E-state index is 11.0. The second kappa shape index (κ2) is 2.29. The maximum Gasteiger partial charge on any atom is 0.198 e. The summed E-state index contributed by atoms with van der Waals surface area (Å²) in [5.41, 5.74) is 0. The number of carbonyl (C=O) groups excluding carboxylic acids is 2. The largest absolute Gasteiger partial charge is 0.295 e. The molecule has 2 nitrogen and oxygen atoms in total. The first-order valence-corrected chi connectivity index (χ1v) is 3.98. The number of aldehydes is 1. The normalized spacial score (nSPS) is 39.5. The molecule has 0 radical (unpaired) electrons. The summed E-state index contributed by atoms with van der Waals surface area (Å²) < 4.78 is 0. The third-order valence-electron chi connectivity index (χ3n) is 2.76. The molecule has 2 aliphatic rings. The van der Waals surface area contributed by atoms with Gasteiger partial charge in [0.1, 0.15) is 0 Å². The number of hydrogen-bond acceptors (Lipinski definition) is 2. The average Bonchev–Trinajstić information content (AvgIpc) is 2.62. The van der Waals surface area contributed by atoms with Crippen LogP contribution in [0.3, 0.4) is 0 Å². The van der Waals surface area contributed by atoms with Crippen molar-refractivity contribution in [3.8, 4) is 0 Å². The molecule has 0 spiro atoms. The van der Waals surface area contributed by atoms with Gasteiger partial charge in [0.05, 0.1) is 0 Å². The van der Waals surface area contributed by atoms with Gasteiger partial charge in [0, 0.05) is 5.92 Å². The number of allylic oxidation sites excluding steroid dienone is 2.